The summed E-state index contributed by atoms with van der Waals surface area (Å²) in [6, 6.07) is 9.58. The number of nitrogens with one attached hydrogen (secondary N) is 1. The summed E-state index contributed by atoms with van der Waals surface area (Å²) >= 11 is 0. The molecule has 0 aromatic heterocycles. The maximum absolute atomic E-state index is 11.9. The number of benzene rings is 1. The zero-order valence-corrected chi connectivity index (χ0v) is 13.5. The van der Waals surface area contributed by atoms with Crippen molar-refractivity contribution in [3.05, 3.63) is 30.3 Å². The number of carbonyl (C=O) groups excluding carboxylic acids is 2. The van der Waals surface area contributed by atoms with Crippen LogP contribution in [-0.4, -0.2) is 56.2 Å². The second kappa shape index (κ2) is 9.15. The van der Waals surface area contributed by atoms with Crippen LogP contribution < -0.4 is 10.1 Å². The van der Waals surface area contributed by atoms with Crippen LogP contribution in [0.25, 0.3) is 0 Å². The lowest BCUT2D eigenvalue weighted by Crippen LogP contribution is -2.47. The summed E-state index contributed by atoms with van der Waals surface area (Å²) in [5.41, 5.74) is 0. The summed E-state index contributed by atoms with van der Waals surface area (Å²) in [4.78, 5) is 25.4. The fourth-order valence-corrected chi connectivity index (χ4v) is 2.57. The van der Waals surface area contributed by atoms with Gasteiger partial charge in [0.1, 0.15) is 12.4 Å². The molecule has 6 heteroatoms. The van der Waals surface area contributed by atoms with Gasteiger partial charge in [-0.25, -0.2) is 0 Å². The van der Waals surface area contributed by atoms with E-state index in [1.165, 1.54) is 7.11 Å². The van der Waals surface area contributed by atoms with Gasteiger partial charge in [-0.1, -0.05) is 18.2 Å². The summed E-state index contributed by atoms with van der Waals surface area (Å²) in [7, 11) is 1.52. The molecular weight excluding hydrogens is 296 g/mol. The lowest BCUT2D eigenvalue weighted by molar-refractivity contribution is -0.136. The zero-order valence-electron chi connectivity index (χ0n) is 13.5. The molecule has 1 aromatic carbocycles. The van der Waals surface area contributed by atoms with E-state index >= 15 is 0 Å². The first kappa shape index (κ1) is 17.3. The summed E-state index contributed by atoms with van der Waals surface area (Å²) in [5, 5.41) is 3.01. The van der Waals surface area contributed by atoms with E-state index in [0.29, 0.717) is 26.1 Å². The van der Waals surface area contributed by atoms with Gasteiger partial charge in [0.05, 0.1) is 13.0 Å². The molecule has 0 radical (unpaired) electrons. The average Bonchev–Trinajstić information content (AvgIpc) is 2.57. The number of piperidine rings is 1. The largest absolute Gasteiger partial charge is 0.493 e. The highest BCUT2D eigenvalue weighted by molar-refractivity contribution is 5.78. The van der Waals surface area contributed by atoms with Gasteiger partial charge in [-0.15, -0.1) is 0 Å². The van der Waals surface area contributed by atoms with Crippen LogP contribution in [0.1, 0.15) is 19.3 Å². The number of methoxy groups -OCH3 is 1. The molecule has 1 heterocycles. The lowest BCUT2D eigenvalue weighted by atomic mass is 10.0. The van der Waals surface area contributed by atoms with E-state index in [0.717, 1.165) is 18.6 Å². The molecule has 1 aliphatic heterocycles. The third-order valence-electron chi connectivity index (χ3n) is 3.82. The van der Waals surface area contributed by atoms with Crippen LogP contribution in [0.3, 0.4) is 0 Å². The van der Waals surface area contributed by atoms with Crippen molar-refractivity contribution >= 4 is 11.8 Å². The smallest absolute Gasteiger partial charge is 0.248 e. The van der Waals surface area contributed by atoms with Crippen molar-refractivity contribution in [3.63, 3.8) is 0 Å². The maximum atomic E-state index is 11.9. The number of para-hydroxylation sites is 1. The standard InChI is InChI=1S/C17H24N2O4/c1-22-13-17(21)19-10-7-14(8-11-19)18-16(20)9-12-23-15-5-3-2-4-6-15/h2-6,14H,7-13H2,1H3,(H,18,20). The fraction of sp³-hybridized carbons (Fsp3) is 0.529. The summed E-state index contributed by atoms with van der Waals surface area (Å²) in [6.07, 6.45) is 1.89. The molecule has 1 fully saturated rings. The van der Waals surface area contributed by atoms with E-state index < -0.39 is 0 Å². The molecule has 2 amide bonds. The van der Waals surface area contributed by atoms with Crippen molar-refractivity contribution in [2.24, 2.45) is 0 Å². The second-order valence-electron chi connectivity index (χ2n) is 5.57. The van der Waals surface area contributed by atoms with Crippen LogP contribution in [0.15, 0.2) is 30.3 Å². The average molecular weight is 320 g/mol. The van der Waals surface area contributed by atoms with Crippen molar-refractivity contribution in [2.45, 2.75) is 25.3 Å². The lowest BCUT2D eigenvalue weighted by Gasteiger charge is -2.32. The Hall–Kier alpha value is -2.08. The minimum Gasteiger partial charge on any atom is -0.493 e. The predicted octanol–water partition coefficient (Wildman–Crippen LogP) is 1.21. The first-order valence-corrected chi connectivity index (χ1v) is 7.93. The van der Waals surface area contributed by atoms with Crippen molar-refractivity contribution in [1.82, 2.24) is 10.2 Å². The molecule has 126 valence electrons. The topological polar surface area (TPSA) is 67.9 Å². The van der Waals surface area contributed by atoms with Crippen molar-refractivity contribution in [2.75, 3.05) is 33.4 Å². The molecule has 2 rings (SSSR count). The molecule has 0 unspecified atom stereocenters. The Bertz CT molecular complexity index is 499. The number of amides is 2. The Labute approximate surface area is 136 Å². The quantitative estimate of drug-likeness (QED) is 0.820. The van der Waals surface area contributed by atoms with Gasteiger partial charge < -0.3 is 19.7 Å². The molecule has 1 aliphatic rings. The van der Waals surface area contributed by atoms with Crippen LogP contribution in [0, 0.1) is 0 Å². The second-order valence-corrected chi connectivity index (χ2v) is 5.57. The normalized spacial score (nSPS) is 15.3. The highest BCUT2D eigenvalue weighted by atomic mass is 16.5. The van der Waals surface area contributed by atoms with E-state index in [2.05, 4.69) is 5.32 Å². The molecule has 23 heavy (non-hydrogen) atoms. The van der Waals surface area contributed by atoms with Crippen molar-refractivity contribution < 1.29 is 19.1 Å². The number of carbonyl (C=O) groups is 2. The Balaban J connectivity index is 1.62. The summed E-state index contributed by atoms with van der Waals surface area (Å²) in [5.74, 6) is 0.765. The van der Waals surface area contributed by atoms with Gasteiger partial charge in [0.2, 0.25) is 11.8 Å². The zero-order chi connectivity index (χ0) is 16.5. The highest BCUT2D eigenvalue weighted by Crippen LogP contribution is 2.11. The molecule has 0 bridgehead atoms. The Morgan fingerprint density at radius 3 is 2.57 bits per heavy atom. The van der Waals surface area contributed by atoms with Crippen LogP contribution in [0.4, 0.5) is 0 Å². The van der Waals surface area contributed by atoms with Gasteiger partial charge in [0.25, 0.3) is 0 Å². The first-order chi connectivity index (χ1) is 11.2. The Morgan fingerprint density at radius 2 is 1.91 bits per heavy atom. The molecule has 6 nitrogen and oxygen atoms in total. The van der Waals surface area contributed by atoms with E-state index in [1.54, 1.807) is 4.90 Å². The van der Waals surface area contributed by atoms with Crippen LogP contribution in [-0.2, 0) is 14.3 Å². The van der Waals surface area contributed by atoms with Crippen molar-refractivity contribution in [1.29, 1.82) is 0 Å². The van der Waals surface area contributed by atoms with E-state index in [-0.39, 0.29) is 24.5 Å². The minimum absolute atomic E-state index is 0.00791. The molecule has 1 N–H and O–H groups in total. The minimum atomic E-state index is -0.0115. The molecule has 1 saturated heterocycles. The number of hydrogen-bond donors (Lipinski definition) is 1. The molecule has 0 spiro atoms. The summed E-state index contributed by atoms with van der Waals surface area (Å²) in [6.45, 7) is 1.80. The SMILES string of the molecule is COCC(=O)N1CCC(NC(=O)CCOc2ccccc2)CC1. The predicted molar refractivity (Wildman–Crippen MR) is 86.2 cm³/mol. The number of ether oxygens (including phenoxy) is 2. The van der Waals surface area contributed by atoms with E-state index in [4.69, 9.17) is 9.47 Å². The van der Waals surface area contributed by atoms with Gasteiger partial charge in [-0.05, 0) is 25.0 Å². The number of nitrogens with zero attached hydrogens (tertiary/aromatic N) is 1. The highest BCUT2D eigenvalue weighted by Gasteiger charge is 2.23. The monoisotopic (exact) mass is 320 g/mol. The third-order valence-corrected chi connectivity index (χ3v) is 3.82. The fourth-order valence-electron chi connectivity index (χ4n) is 2.57. The first-order valence-electron chi connectivity index (χ1n) is 7.93. The van der Waals surface area contributed by atoms with Crippen molar-refractivity contribution in [3.8, 4) is 5.75 Å². The van der Waals surface area contributed by atoms with Crippen LogP contribution >= 0.6 is 0 Å². The van der Waals surface area contributed by atoms with Gasteiger partial charge in [-0.2, -0.15) is 0 Å². The Morgan fingerprint density at radius 1 is 1.22 bits per heavy atom. The summed E-state index contributed by atoms with van der Waals surface area (Å²) < 4.78 is 10.4. The maximum Gasteiger partial charge on any atom is 0.248 e. The molecule has 0 saturated carbocycles. The Kier molecular flexibility index (Phi) is 6.87. The number of likely N-dealkylation sites (tertiary alicyclic amines) is 1. The van der Waals surface area contributed by atoms with Gasteiger partial charge in [0.15, 0.2) is 0 Å². The van der Waals surface area contributed by atoms with Crippen LogP contribution in [0.2, 0.25) is 0 Å². The van der Waals surface area contributed by atoms with Crippen LogP contribution in [0.5, 0.6) is 5.75 Å². The van der Waals surface area contributed by atoms with E-state index in [9.17, 15) is 9.59 Å². The van der Waals surface area contributed by atoms with E-state index in [1.807, 2.05) is 30.3 Å². The number of rotatable bonds is 7. The number of hydrogen-bond acceptors (Lipinski definition) is 4. The third kappa shape index (κ3) is 5.90. The van der Waals surface area contributed by atoms with Gasteiger partial charge >= 0.3 is 0 Å². The molecule has 1 aromatic rings. The molecular formula is C17H24N2O4. The molecule has 0 aliphatic carbocycles. The van der Waals surface area contributed by atoms with Gasteiger partial charge in [-0.3, -0.25) is 9.59 Å². The molecule has 0 atom stereocenters. The van der Waals surface area contributed by atoms with Gasteiger partial charge in [0, 0.05) is 26.2 Å².